The van der Waals surface area contributed by atoms with E-state index in [1.54, 1.807) is 12.1 Å². The molecule has 0 bridgehead atoms. The number of carbonyl (C=O) groups excluding carboxylic acids is 1. The zero-order valence-corrected chi connectivity index (χ0v) is 13.1. The summed E-state index contributed by atoms with van der Waals surface area (Å²) < 4.78 is 19.0. The highest BCUT2D eigenvalue weighted by molar-refractivity contribution is 5.89. The van der Waals surface area contributed by atoms with Crippen molar-refractivity contribution in [2.45, 2.75) is 6.04 Å². The number of rotatable bonds is 3. The van der Waals surface area contributed by atoms with Crippen LogP contribution in [0.2, 0.25) is 0 Å². The maximum atomic E-state index is 13.2. The topological polar surface area (TPSA) is 58.8 Å². The molecule has 2 aromatic rings. The second-order valence-electron chi connectivity index (χ2n) is 6.01. The molecule has 1 amide bonds. The number of hydrogen-bond donors (Lipinski definition) is 1. The first-order chi connectivity index (χ1) is 11.6. The zero-order chi connectivity index (χ0) is 16.7. The molecule has 0 aromatic heterocycles. The lowest BCUT2D eigenvalue weighted by Gasteiger charge is -2.44. The van der Waals surface area contributed by atoms with Gasteiger partial charge in [0.05, 0.1) is 12.2 Å². The van der Waals surface area contributed by atoms with Crippen LogP contribution < -0.4 is 20.3 Å². The van der Waals surface area contributed by atoms with Crippen LogP contribution in [0.25, 0.3) is 0 Å². The number of primary amides is 1. The fraction of sp³-hybridized carbons (Fsp3) is 0.278. The van der Waals surface area contributed by atoms with Gasteiger partial charge < -0.3 is 20.3 Å². The fourth-order valence-corrected chi connectivity index (χ4v) is 3.54. The summed E-state index contributed by atoms with van der Waals surface area (Å²) >= 11 is 0. The summed E-state index contributed by atoms with van der Waals surface area (Å²) in [6.45, 7) is 2.95. The van der Waals surface area contributed by atoms with Crippen molar-refractivity contribution in [2.24, 2.45) is 5.73 Å². The van der Waals surface area contributed by atoms with Crippen LogP contribution in [-0.4, -0.2) is 32.1 Å². The number of amides is 1. The fourth-order valence-electron chi connectivity index (χ4n) is 3.54. The Morgan fingerprint density at radius 1 is 1.12 bits per heavy atom. The highest BCUT2D eigenvalue weighted by Crippen LogP contribution is 2.45. The summed E-state index contributed by atoms with van der Waals surface area (Å²) in [5.41, 5.74) is 8.31. The molecule has 0 saturated heterocycles. The second-order valence-corrected chi connectivity index (χ2v) is 6.01. The van der Waals surface area contributed by atoms with E-state index in [1.807, 2.05) is 23.1 Å². The Labute approximate surface area is 139 Å². The van der Waals surface area contributed by atoms with Crippen LogP contribution in [-0.2, 0) is 4.79 Å². The third-order valence-electron chi connectivity index (χ3n) is 4.60. The predicted octanol–water partition coefficient (Wildman–Crippen LogP) is 2.07. The van der Waals surface area contributed by atoms with Gasteiger partial charge >= 0.3 is 0 Å². The molecule has 24 heavy (non-hydrogen) atoms. The molecule has 6 heteroatoms. The first-order valence-corrected chi connectivity index (χ1v) is 7.97. The van der Waals surface area contributed by atoms with Gasteiger partial charge in [-0.15, -0.1) is 0 Å². The Kier molecular flexibility index (Phi) is 3.52. The quantitative estimate of drug-likeness (QED) is 0.938. The van der Waals surface area contributed by atoms with Gasteiger partial charge in [0.25, 0.3) is 0 Å². The summed E-state index contributed by atoms with van der Waals surface area (Å²) in [6.07, 6.45) is 0. The lowest BCUT2D eigenvalue weighted by atomic mass is 10.0. The Balaban J connectivity index is 1.80. The summed E-state index contributed by atoms with van der Waals surface area (Å²) in [5, 5.41) is 0. The number of nitrogens with zero attached hydrogens (tertiary/aromatic N) is 2. The van der Waals surface area contributed by atoms with Gasteiger partial charge in [-0.1, -0.05) is 18.2 Å². The number of halogens is 1. The lowest BCUT2D eigenvalue weighted by Crippen LogP contribution is -2.48. The molecule has 124 valence electrons. The molecular formula is C18H18FN3O2. The van der Waals surface area contributed by atoms with E-state index >= 15 is 0 Å². The monoisotopic (exact) mass is 327 g/mol. The van der Waals surface area contributed by atoms with E-state index in [1.165, 1.54) is 12.1 Å². The molecule has 4 rings (SSSR count). The Morgan fingerprint density at radius 2 is 1.92 bits per heavy atom. The third-order valence-corrected chi connectivity index (χ3v) is 4.60. The van der Waals surface area contributed by atoms with Crippen LogP contribution >= 0.6 is 0 Å². The van der Waals surface area contributed by atoms with Crippen LogP contribution in [0.15, 0.2) is 42.5 Å². The van der Waals surface area contributed by atoms with Crippen molar-refractivity contribution < 1.29 is 13.9 Å². The molecule has 2 heterocycles. The van der Waals surface area contributed by atoms with E-state index in [0.29, 0.717) is 18.7 Å². The standard InChI is InChI=1S/C18H18FN3O2/c19-13-6-4-12(5-7-13)16(18(20)23)22-9-8-21-10-11-24-15-3-1-2-14(22)17(15)21/h1-7,16H,8-11H2,(H2,20,23)/t16-/m0/s1. The summed E-state index contributed by atoms with van der Waals surface area (Å²) in [6, 6.07) is 11.1. The molecule has 5 nitrogen and oxygen atoms in total. The zero-order valence-electron chi connectivity index (χ0n) is 13.1. The van der Waals surface area contributed by atoms with E-state index in [2.05, 4.69) is 4.90 Å². The third kappa shape index (κ3) is 2.35. The molecule has 0 unspecified atom stereocenters. The van der Waals surface area contributed by atoms with Gasteiger partial charge in [-0.3, -0.25) is 4.79 Å². The highest BCUT2D eigenvalue weighted by atomic mass is 19.1. The van der Waals surface area contributed by atoms with E-state index in [9.17, 15) is 9.18 Å². The van der Waals surface area contributed by atoms with Crippen molar-refractivity contribution in [3.05, 3.63) is 53.8 Å². The van der Waals surface area contributed by atoms with Crippen LogP contribution in [0.4, 0.5) is 15.8 Å². The second kappa shape index (κ2) is 5.70. The molecule has 0 radical (unpaired) electrons. The van der Waals surface area contributed by atoms with E-state index in [-0.39, 0.29) is 5.82 Å². The first-order valence-electron chi connectivity index (χ1n) is 7.97. The minimum absolute atomic E-state index is 0.336. The van der Waals surface area contributed by atoms with Gasteiger partial charge in [-0.2, -0.15) is 0 Å². The smallest absolute Gasteiger partial charge is 0.244 e. The Hall–Kier alpha value is -2.76. The predicted molar refractivity (Wildman–Crippen MR) is 89.8 cm³/mol. The van der Waals surface area contributed by atoms with Crippen molar-refractivity contribution >= 4 is 17.3 Å². The van der Waals surface area contributed by atoms with E-state index < -0.39 is 11.9 Å². The molecule has 0 spiro atoms. The first kappa shape index (κ1) is 14.8. The van der Waals surface area contributed by atoms with Crippen LogP contribution in [0.1, 0.15) is 11.6 Å². The molecule has 0 fully saturated rings. The van der Waals surface area contributed by atoms with E-state index in [0.717, 1.165) is 30.2 Å². The maximum absolute atomic E-state index is 13.2. The Bertz CT molecular complexity index is 778. The number of nitrogens with two attached hydrogens (primary N) is 1. The van der Waals surface area contributed by atoms with Gasteiger partial charge in [-0.25, -0.2) is 4.39 Å². The largest absolute Gasteiger partial charge is 0.489 e. The van der Waals surface area contributed by atoms with Crippen molar-refractivity contribution in [3.8, 4) is 5.75 Å². The summed E-state index contributed by atoms with van der Waals surface area (Å²) in [4.78, 5) is 16.4. The van der Waals surface area contributed by atoms with Crippen molar-refractivity contribution in [1.82, 2.24) is 0 Å². The minimum atomic E-state index is -0.638. The number of hydrogen-bond acceptors (Lipinski definition) is 4. The molecule has 2 aliphatic rings. The van der Waals surface area contributed by atoms with Gasteiger partial charge in [0.2, 0.25) is 5.91 Å². The number of benzene rings is 2. The lowest BCUT2D eigenvalue weighted by molar-refractivity contribution is -0.119. The average Bonchev–Trinajstić information content (AvgIpc) is 2.59. The van der Waals surface area contributed by atoms with Crippen molar-refractivity contribution in [2.75, 3.05) is 36.0 Å². The number of para-hydroxylation sites is 1. The molecule has 2 N–H and O–H groups in total. The molecule has 1 atom stereocenters. The van der Waals surface area contributed by atoms with Crippen LogP contribution in [0.3, 0.4) is 0 Å². The van der Waals surface area contributed by atoms with Gasteiger partial charge in [0, 0.05) is 13.1 Å². The highest BCUT2D eigenvalue weighted by Gasteiger charge is 2.34. The number of ether oxygens (including phenoxy) is 1. The molecule has 0 saturated carbocycles. The summed E-state index contributed by atoms with van der Waals surface area (Å²) in [7, 11) is 0. The number of anilines is 2. The molecule has 2 aromatic carbocycles. The van der Waals surface area contributed by atoms with Gasteiger partial charge in [0.15, 0.2) is 0 Å². The van der Waals surface area contributed by atoms with E-state index in [4.69, 9.17) is 10.5 Å². The minimum Gasteiger partial charge on any atom is -0.489 e. The normalized spacial score (nSPS) is 17.0. The molecule has 2 aliphatic heterocycles. The molecular weight excluding hydrogens is 309 g/mol. The average molecular weight is 327 g/mol. The van der Waals surface area contributed by atoms with Crippen LogP contribution in [0, 0.1) is 5.82 Å². The molecule has 0 aliphatic carbocycles. The maximum Gasteiger partial charge on any atom is 0.244 e. The SMILES string of the molecule is NC(=O)[C@H](c1ccc(F)cc1)N1CCN2CCOc3cccc1c32. The Morgan fingerprint density at radius 3 is 2.67 bits per heavy atom. The van der Waals surface area contributed by atoms with Gasteiger partial charge in [-0.05, 0) is 29.8 Å². The van der Waals surface area contributed by atoms with Crippen LogP contribution in [0.5, 0.6) is 5.75 Å². The summed E-state index contributed by atoms with van der Waals surface area (Å²) in [5.74, 6) is 0.0347. The van der Waals surface area contributed by atoms with Crippen molar-refractivity contribution in [1.29, 1.82) is 0 Å². The van der Waals surface area contributed by atoms with Crippen molar-refractivity contribution in [3.63, 3.8) is 0 Å². The number of carbonyl (C=O) groups is 1. The van der Waals surface area contributed by atoms with Gasteiger partial charge in [0.1, 0.15) is 29.9 Å².